The lowest BCUT2D eigenvalue weighted by Crippen LogP contribution is -1.74. The molecule has 2 N–H and O–H groups in total. The van der Waals surface area contributed by atoms with Crippen molar-refractivity contribution in [2.75, 3.05) is 0 Å². The first-order valence-corrected chi connectivity index (χ1v) is 9.47. The first-order valence-electron chi connectivity index (χ1n) is 9.47. The third-order valence-corrected chi connectivity index (χ3v) is 3.87. The molecular formula is C26H20N4O2. The molecule has 2 aromatic carbocycles. The van der Waals surface area contributed by atoms with Crippen LogP contribution in [0, 0.1) is 22.7 Å². The molecule has 0 saturated carbocycles. The van der Waals surface area contributed by atoms with E-state index in [-0.39, 0.29) is 11.5 Å². The first kappa shape index (κ1) is 23.3. The number of benzene rings is 2. The normalized spacial score (nSPS) is 9.31. The van der Waals surface area contributed by atoms with E-state index in [1.54, 1.807) is 49.1 Å². The number of rotatable bonds is 2. The van der Waals surface area contributed by atoms with Gasteiger partial charge in [0.25, 0.3) is 0 Å². The predicted octanol–water partition coefficient (Wildman–Crippen LogP) is 5.17. The molecule has 4 rings (SSSR count). The molecule has 0 aliphatic carbocycles. The summed E-state index contributed by atoms with van der Waals surface area (Å²) < 4.78 is 0. The number of nitrogens with zero attached hydrogens (tertiary/aromatic N) is 4. The molecule has 0 atom stereocenters. The molecule has 0 unspecified atom stereocenters. The molecule has 0 bridgehead atoms. The summed E-state index contributed by atoms with van der Waals surface area (Å²) in [6.07, 6.45) is 11.2. The Bertz CT molecular complexity index is 1080. The third-order valence-electron chi connectivity index (χ3n) is 3.87. The Morgan fingerprint density at radius 1 is 0.531 bits per heavy atom. The van der Waals surface area contributed by atoms with E-state index in [1.807, 2.05) is 36.4 Å². The van der Waals surface area contributed by atoms with Gasteiger partial charge in [-0.3, -0.25) is 9.97 Å². The van der Waals surface area contributed by atoms with Gasteiger partial charge in [-0.25, -0.2) is 0 Å². The van der Waals surface area contributed by atoms with E-state index in [0.717, 1.165) is 11.1 Å². The third kappa shape index (κ3) is 9.04. The van der Waals surface area contributed by atoms with E-state index in [9.17, 15) is 0 Å². The summed E-state index contributed by atoms with van der Waals surface area (Å²) in [7, 11) is 0. The van der Waals surface area contributed by atoms with E-state index in [0.29, 0.717) is 11.1 Å². The second kappa shape index (κ2) is 13.3. The Hall–Kier alpha value is -4.94. The standard InChI is InChI=1S/C12H10N2.2C7H5NO/c1(11-3-7-13-8-4-11)2-12-5-9-14-10-6-12;2*8-5-6-1-3-7(9)4-2-6/h1-10H;2*1-4,9H/b2-1+;;. The number of phenolic OH excluding ortho intramolecular Hbond substituents is 2. The van der Waals surface area contributed by atoms with Gasteiger partial charge in [-0.1, -0.05) is 12.2 Å². The molecule has 4 aromatic rings. The Labute approximate surface area is 186 Å². The lowest BCUT2D eigenvalue weighted by molar-refractivity contribution is 0.474. The SMILES string of the molecule is C(=C\c1ccncc1)/c1ccncc1.N#Cc1ccc(O)cc1.N#Cc1ccc(O)cc1. The molecule has 2 heterocycles. The van der Waals surface area contributed by atoms with Gasteiger partial charge in [-0.15, -0.1) is 0 Å². The zero-order valence-corrected chi connectivity index (χ0v) is 17.1. The topological polar surface area (TPSA) is 114 Å². The van der Waals surface area contributed by atoms with Crippen molar-refractivity contribution in [1.82, 2.24) is 9.97 Å². The van der Waals surface area contributed by atoms with Gasteiger partial charge >= 0.3 is 0 Å². The van der Waals surface area contributed by atoms with Gasteiger partial charge in [0.15, 0.2) is 0 Å². The van der Waals surface area contributed by atoms with Crippen LogP contribution in [0.4, 0.5) is 0 Å². The summed E-state index contributed by atoms with van der Waals surface area (Å²) >= 11 is 0. The molecule has 2 aromatic heterocycles. The Morgan fingerprint density at radius 2 is 0.844 bits per heavy atom. The average Bonchev–Trinajstić information content (AvgIpc) is 2.86. The minimum atomic E-state index is 0.189. The predicted molar refractivity (Wildman–Crippen MR) is 123 cm³/mol. The number of hydrogen-bond donors (Lipinski definition) is 2. The molecule has 0 saturated heterocycles. The molecule has 6 nitrogen and oxygen atoms in total. The van der Waals surface area contributed by atoms with Crippen LogP contribution in [-0.4, -0.2) is 20.2 Å². The molecule has 0 radical (unpaired) electrons. The maximum Gasteiger partial charge on any atom is 0.115 e. The maximum absolute atomic E-state index is 8.74. The number of hydrogen-bond acceptors (Lipinski definition) is 6. The largest absolute Gasteiger partial charge is 0.508 e. The van der Waals surface area contributed by atoms with Gasteiger partial charge in [-0.2, -0.15) is 10.5 Å². The van der Waals surface area contributed by atoms with Crippen molar-refractivity contribution in [3.63, 3.8) is 0 Å². The first-order chi connectivity index (χ1) is 15.6. The van der Waals surface area contributed by atoms with Crippen molar-refractivity contribution in [1.29, 1.82) is 10.5 Å². The van der Waals surface area contributed by atoms with Gasteiger partial charge in [0.2, 0.25) is 0 Å². The lowest BCUT2D eigenvalue weighted by atomic mass is 10.2. The van der Waals surface area contributed by atoms with E-state index in [4.69, 9.17) is 20.7 Å². The Balaban J connectivity index is 0.000000178. The molecule has 0 spiro atoms. The summed E-state index contributed by atoms with van der Waals surface area (Å²) in [5.41, 5.74) is 3.43. The summed E-state index contributed by atoms with van der Waals surface area (Å²) in [4.78, 5) is 7.91. The molecule has 32 heavy (non-hydrogen) atoms. The van der Waals surface area contributed by atoms with Crippen molar-refractivity contribution in [2.24, 2.45) is 0 Å². The maximum atomic E-state index is 8.74. The van der Waals surface area contributed by atoms with Crippen LogP contribution in [0.3, 0.4) is 0 Å². The van der Waals surface area contributed by atoms with E-state index in [2.05, 4.69) is 22.1 Å². The van der Waals surface area contributed by atoms with E-state index in [1.165, 1.54) is 24.3 Å². The number of aromatic hydroxyl groups is 2. The quantitative estimate of drug-likeness (QED) is 0.462. The van der Waals surface area contributed by atoms with E-state index >= 15 is 0 Å². The van der Waals surface area contributed by atoms with Crippen LogP contribution < -0.4 is 0 Å². The van der Waals surface area contributed by atoms with Crippen LogP contribution in [0.25, 0.3) is 12.2 Å². The minimum absolute atomic E-state index is 0.189. The monoisotopic (exact) mass is 420 g/mol. The number of nitriles is 2. The molecular weight excluding hydrogens is 400 g/mol. The molecule has 0 aliphatic rings. The fourth-order valence-corrected chi connectivity index (χ4v) is 2.21. The van der Waals surface area contributed by atoms with Crippen LogP contribution in [0.5, 0.6) is 11.5 Å². The highest BCUT2D eigenvalue weighted by molar-refractivity contribution is 5.68. The fourth-order valence-electron chi connectivity index (χ4n) is 2.21. The summed E-state index contributed by atoms with van der Waals surface area (Å²) in [6, 6.07) is 24.0. The van der Waals surface area contributed by atoms with Crippen molar-refractivity contribution < 1.29 is 10.2 Å². The molecule has 156 valence electrons. The van der Waals surface area contributed by atoms with Gasteiger partial charge in [0.1, 0.15) is 11.5 Å². The molecule has 0 aliphatic heterocycles. The lowest BCUT2D eigenvalue weighted by Gasteiger charge is -1.92. The van der Waals surface area contributed by atoms with Gasteiger partial charge in [0.05, 0.1) is 23.3 Å². The highest BCUT2D eigenvalue weighted by atomic mass is 16.3. The second-order valence-corrected chi connectivity index (χ2v) is 6.21. The van der Waals surface area contributed by atoms with Gasteiger partial charge < -0.3 is 10.2 Å². The van der Waals surface area contributed by atoms with E-state index < -0.39 is 0 Å². The van der Waals surface area contributed by atoms with Crippen LogP contribution in [0.15, 0.2) is 97.6 Å². The van der Waals surface area contributed by atoms with Crippen molar-refractivity contribution in [3.8, 4) is 23.6 Å². The summed E-state index contributed by atoms with van der Waals surface area (Å²) in [5.74, 6) is 0.378. The Kier molecular flexibility index (Phi) is 9.71. The van der Waals surface area contributed by atoms with Crippen molar-refractivity contribution >= 4 is 12.2 Å². The van der Waals surface area contributed by atoms with Gasteiger partial charge in [-0.05, 0) is 83.9 Å². The molecule has 6 heteroatoms. The van der Waals surface area contributed by atoms with Crippen LogP contribution in [0.2, 0.25) is 0 Å². The van der Waals surface area contributed by atoms with Crippen LogP contribution in [0.1, 0.15) is 22.3 Å². The van der Waals surface area contributed by atoms with Crippen molar-refractivity contribution in [2.45, 2.75) is 0 Å². The zero-order valence-electron chi connectivity index (χ0n) is 17.1. The highest BCUT2D eigenvalue weighted by Gasteiger charge is 1.88. The molecule has 0 fully saturated rings. The molecule has 0 amide bonds. The number of phenols is 2. The number of pyridine rings is 2. The van der Waals surface area contributed by atoms with Crippen LogP contribution in [-0.2, 0) is 0 Å². The fraction of sp³-hybridized carbons (Fsp3) is 0. The smallest absolute Gasteiger partial charge is 0.115 e. The second-order valence-electron chi connectivity index (χ2n) is 6.21. The van der Waals surface area contributed by atoms with Gasteiger partial charge in [0, 0.05) is 24.8 Å². The average molecular weight is 420 g/mol. The summed E-state index contributed by atoms with van der Waals surface area (Å²) in [5, 5.41) is 34.1. The Morgan fingerprint density at radius 3 is 1.12 bits per heavy atom. The summed E-state index contributed by atoms with van der Waals surface area (Å²) in [6.45, 7) is 0. The highest BCUT2D eigenvalue weighted by Crippen LogP contribution is 2.08. The van der Waals surface area contributed by atoms with Crippen LogP contribution >= 0.6 is 0 Å². The number of aromatic nitrogens is 2. The minimum Gasteiger partial charge on any atom is -0.508 e. The zero-order chi connectivity index (χ0) is 23.0. The van der Waals surface area contributed by atoms with Crippen molar-refractivity contribution in [3.05, 3.63) is 120 Å².